The van der Waals surface area contributed by atoms with Crippen LogP contribution in [-0.2, 0) is 22.6 Å². The zero-order chi connectivity index (χ0) is 18.4. The van der Waals surface area contributed by atoms with E-state index in [0.29, 0.717) is 32.6 Å². The van der Waals surface area contributed by atoms with Crippen molar-refractivity contribution >= 4 is 11.8 Å². The summed E-state index contributed by atoms with van der Waals surface area (Å²) >= 11 is 0. The number of carbonyl (C=O) groups excluding carboxylic acids is 2. The maximum atomic E-state index is 12.3. The van der Waals surface area contributed by atoms with Crippen LogP contribution >= 0.6 is 0 Å². The highest BCUT2D eigenvalue weighted by atomic mass is 16.3. The summed E-state index contributed by atoms with van der Waals surface area (Å²) in [7, 11) is 0. The van der Waals surface area contributed by atoms with Crippen molar-refractivity contribution < 1.29 is 14.0 Å². The van der Waals surface area contributed by atoms with Gasteiger partial charge in [-0.25, -0.2) is 0 Å². The molecule has 8 nitrogen and oxygen atoms in total. The Bertz CT molecular complexity index is 746. The van der Waals surface area contributed by atoms with Gasteiger partial charge < -0.3 is 15.1 Å². The van der Waals surface area contributed by atoms with Gasteiger partial charge in [0.05, 0.1) is 24.7 Å². The summed E-state index contributed by atoms with van der Waals surface area (Å²) in [6.07, 6.45) is 5.63. The molecular weight excluding hydrogens is 334 g/mol. The number of amides is 2. The van der Waals surface area contributed by atoms with Crippen molar-refractivity contribution in [3.05, 3.63) is 47.9 Å². The van der Waals surface area contributed by atoms with E-state index in [4.69, 9.17) is 4.42 Å². The molecule has 138 valence electrons. The van der Waals surface area contributed by atoms with Crippen molar-refractivity contribution in [3.63, 3.8) is 0 Å². The van der Waals surface area contributed by atoms with Gasteiger partial charge in [0.1, 0.15) is 11.5 Å². The van der Waals surface area contributed by atoms with Gasteiger partial charge in [0, 0.05) is 44.6 Å². The van der Waals surface area contributed by atoms with Gasteiger partial charge in [0.15, 0.2) is 0 Å². The van der Waals surface area contributed by atoms with Crippen molar-refractivity contribution in [1.29, 1.82) is 0 Å². The molecule has 1 saturated heterocycles. The molecule has 0 bridgehead atoms. The number of hydrogen-bond donors (Lipinski definition) is 2. The van der Waals surface area contributed by atoms with Gasteiger partial charge in [-0.2, -0.15) is 0 Å². The third-order valence-corrected chi connectivity index (χ3v) is 4.30. The number of nitrogens with zero attached hydrogens (tertiary/aromatic N) is 3. The average Bonchev–Trinajstić information content (AvgIpc) is 3.04. The minimum Gasteiger partial charge on any atom is -0.465 e. The fourth-order valence-electron chi connectivity index (χ4n) is 2.98. The molecule has 3 heterocycles. The Morgan fingerprint density at radius 2 is 2.31 bits per heavy atom. The van der Waals surface area contributed by atoms with E-state index in [0.717, 1.165) is 17.2 Å². The normalized spacial score (nSPS) is 17.7. The minimum absolute atomic E-state index is 0.117. The summed E-state index contributed by atoms with van der Waals surface area (Å²) in [4.78, 5) is 34.7. The molecule has 26 heavy (non-hydrogen) atoms. The van der Waals surface area contributed by atoms with Gasteiger partial charge in [-0.05, 0) is 19.1 Å². The summed E-state index contributed by atoms with van der Waals surface area (Å²) in [5, 5.41) is 5.68. The van der Waals surface area contributed by atoms with Gasteiger partial charge in [0.2, 0.25) is 11.8 Å². The van der Waals surface area contributed by atoms with Crippen LogP contribution in [0.2, 0.25) is 0 Å². The lowest BCUT2D eigenvalue weighted by atomic mass is 10.1. The lowest BCUT2D eigenvalue weighted by molar-refractivity contribution is -0.134. The quantitative estimate of drug-likeness (QED) is 0.745. The predicted molar refractivity (Wildman–Crippen MR) is 94.0 cm³/mol. The number of aryl methyl sites for hydroxylation is 1. The van der Waals surface area contributed by atoms with Crippen molar-refractivity contribution in [3.8, 4) is 0 Å². The predicted octanol–water partition coefficient (Wildman–Crippen LogP) is 0.427. The molecule has 0 aliphatic carbocycles. The SMILES string of the molecule is Cc1ccc(CN2CCNC(=O)C2CC(=O)NCCc2cnccn2)o1. The van der Waals surface area contributed by atoms with Gasteiger partial charge in [-0.15, -0.1) is 0 Å². The highest BCUT2D eigenvalue weighted by molar-refractivity contribution is 5.88. The molecule has 1 unspecified atom stereocenters. The van der Waals surface area contributed by atoms with Crippen molar-refractivity contribution in [2.45, 2.75) is 32.4 Å². The molecule has 1 fully saturated rings. The Morgan fingerprint density at radius 3 is 3.04 bits per heavy atom. The monoisotopic (exact) mass is 357 g/mol. The highest BCUT2D eigenvalue weighted by Crippen LogP contribution is 2.15. The third kappa shape index (κ3) is 4.89. The first-order chi connectivity index (χ1) is 12.6. The van der Waals surface area contributed by atoms with E-state index in [1.807, 2.05) is 24.0 Å². The Morgan fingerprint density at radius 1 is 1.42 bits per heavy atom. The Kier molecular flexibility index (Phi) is 5.96. The summed E-state index contributed by atoms with van der Waals surface area (Å²) in [5.74, 6) is 1.35. The molecule has 1 aliphatic rings. The van der Waals surface area contributed by atoms with E-state index in [-0.39, 0.29) is 18.2 Å². The van der Waals surface area contributed by atoms with Crippen LogP contribution < -0.4 is 10.6 Å². The smallest absolute Gasteiger partial charge is 0.237 e. The number of furan rings is 1. The van der Waals surface area contributed by atoms with E-state index in [2.05, 4.69) is 20.6 Å². The lowest BCUT2D eigenvalue weighted by Gasteiger charge is -2.34. The standard InChI is InChI=1S/C18H23N5O3/c1-13-2-3-15(26-13)12-23-9-8-22-18(25)16(23)10-17(24)21-5-4-14-11-19-6-7-20-14/h2-3,6-7,11,16H,4-5,8-10,12H2,1H3,(H,21,24)(H,22,25). The molecule has 2 amide bonds. The molecule has 2 N–H and O–H groups in total. The molecule has 8 heteroatoms. The number of piperazine rings is 1. The molecular formula is C18H23N5O3. The molecule has 0 aromatic carbocycles. The molecule has 1 atom stereocenters. The van der Waals surface area contributed by atoms with Gasteiger partial charge >= 0.3 is 0 Å². The van der Waals surface area contributed by atoms with Crippen LogP contribution in [0.1, 0.15) is 23.6 Å². The second kappa shape index (κ2) is 8.57. The van der Waals surface area contributed by atoms with Gasteiger partial charge in [-0.1, -0.05) is 0 Å². The zero-order valence-electron chi connectivity index (χ0n) is 14.8. The first-order valence-electron chi connectivity index (χ1n) is 8.70. The highest BCUT2D eigenvalue weighted by Gasteiger charge is 2.32. The molecule has 0 spiro atoms. The summed E-state index contributed by atoms with van der Waals surface area (Å²) in [6, 6.07) is 3.30. The number of carbonyl (C=O) groups is 2. The molecule has 3 rings (SSSR count). The Hall–Kier alpha value is -2.74. The van der Waals surface area contributed by atoms with Crippen LogP contribution in [0.25, 0.3) is 0 Å². The Labute approximate surface area is 152 Å². The van der Waals surface area contributed by atoms with Gasteiger partial charge in [0.25, 0.3) is 0 Å². The van der Waals surface area contributed by atoms with Crippen LogP contribution in [0.5, 0.6) is 0 Å². The number of aromatic nitrogens is 2. The largest absolute Gasteiger partial charge is 0.465 e. The van der Waals surface area contributed by atoms with E-state index in [9.17, 15) is 9.59 Å². The van der Waals surface area contributed by atoms with Crippen LogP contribution in [0.3, 0.4) is 0 Å². The third-order valence-electron chi connectivity index (χ3n) is 4.30. The number of nitrogens with one attached hydrogen (secondary N) is 2. The Balaban J connectivity index is 1.52. The lowest BCUT2D eigenvalue weighted by Crippen LogP contribution is -2.56. The number of rotatable bonds is 7. The van der Waals surface area contributed by atoms with E-state index < -0.39 is 6.04 Å². The average molecular weight is 357 g/mol. The van der Waals surface area contributed by atoms with E-state index in [1.54, 1.807) is 18.6 Å². The first-order valence-corrected chi connectivity index (χ1v) is 8.70. The second-order valence-corrected chi connectivity index (χ2v) is 6.29. The fraction of sp³-hybridized carbons (Fsp3) is 0.444. The second-order valence-electron chi connectivity index (χ2n) is 6.29. The van der Waals surface area contributed by atoms with Crippen LogP contribution in [0.15, 0.2) is 35.1 Å². The summed E-state index contributed by atoms with van der Waals surface area (Å²) < 4.78 is 5.60. The maximum Gasteiger partial charge on any atom is 0.237 e. The first kappa shape index (κ1) is 18.1. The van der Waals surface area contributed by atoms with E-state index >= 15 is 0 Å². The summed E-state index contributed by atoms with van der Waals surface area (Å²) in [6.45, 7) is 4.11. The molecule has 2 aromatic heterocycles. The van der Waals surface area contributed by atoms with Gasteiger partial charge in [-0.3, -0.25) is 24.5 Å². The van der Waals surface area contributed by atoms with Crippen molar-refractivity contribution in [2.75, 3.05) is 19.6 Å². The van der Waals surface area contributed by atoms with Crippen LogP contribution in [-0.4, -0.2) is 52.4 Å². The zero-order valence-corrected chi connectivity index (χ0v) is 14.8. The summed E-state index contributed by atoms with van der Waals surface area (Å²) in [5.41, 5.74) is 0.818. The topological polar surface area (TPSA) is 100 Å². The van der Waals surface area contributed by atoms with Crippen molar-refractivity contribution in [1.82, 2.24) is 25.5 Å². The molecule has 0 radical (unpaired) electrons. The minimum atomic E-state index is -0.495. The molecule has 2 aromatic rings. The fourth-order valence-corrected chi connectivity index (χ4v) is 2.98. The van der Waals surface area contributed by atoms with Crippen LogP contribution in [0.4, 0.5) is 0 Å². The molecule has 1 aliphatic heterocycles. The van der Waals surface area contributed by atoms with Crippen molar-refractivity contribution in [2.24, 2.45) is 0 Å². The number of hydrogen-bond acceptors (Lipinski definition) is 6. The molecule has 0 saturated carbocycles. The van der Waals surface area contributed by atoms with E-state index in [1.165, 1.54) is 0 Å². The van der Waals surface area contributed by atoms with Crippen LogP contribution in [0, 0.1) is 6.92 Å². The maximum absolute atomic E-state index is 12.3.